The van der Waals surface area contributed by atoms with Crippen LogP contribution in [0.25, 0.3) is 0 Å². The number of hydrogen-bond acceptors (Lipinski definition) is 4. The van der Waals surface area contributed by atoms with E-state index in [0.717, 1.165) is 56.5 Å². The van der Waals surface area contributed by atoms with Crippen molar-refractivity contribution in [2.24, 2.45) is 4.99 Å². The first-order valence-corrected chi connectivity index (χ1v) is 10.3. The molecule has 7 heteroatoms. The highest BCUT2D eigenvalue weighted by molar-refractivity contribution is 14.0. The molecule has 0 radical (unpaired) electrons. The van der Waals surface area contributed by atoms with Crippen LogP contribution in [-0.4, -0.2) is 80.8 Å². The third kappa shape index (κ3) is 8.96. The first-order chi connectivity index (χ1) is 13.1. The predicted octanol–water partition coefficient (Wildman–Crippen LogP) is 2.57. The van der Waals surface area contributed by atoms with Crippen LogP contribution in [0, 0.1) is 6.92 Å². The molecule has 1 aromatic rings. The Morgan fingerprint density at radius 2 is 1.79 bits per heavy atom. The Morgan fingerprint density at radius 3 is 2.43 bits per heavy atom. The molecule has 1 aliphatic rings. The predicted molar refractivity (Wildman–Crippen MR) is 129 cm³/mol. The molecule has 1 atom stereocenters. The summed E-state index contributed by atoms with van der Waals surface area (Å²) < 4.78 is 6.02. The van der Waals surface area contributed by atoms with Crippen LogP contribution in [0.5, 0.6) is 5.75 Å². The van der Waals surface area contributed by atoms with Gasteiger partial charge in [0.15, 0.2) is 5.96 Å². The summed E-state index contributed by atoms with van der Waals surface area (Å²) in [5, 5.41) is 6.78. The molecule has 0 bridgehead atoms. The van der Waals surface area contributed by atoms with E-state index in [0.29, 0.717) is 6.54 Å². The van der Waals surface area contributed by atoms with E-state index < -0.39 is 0 Å². The van der Waals surface area contributed by atoms with E-state index in [1.54, 1.807) is 0 Å². The molecule has 1 aliphatic heterocycles. The summed E-state index contributed by atoms with van der Waals surface area (Å²) in [4.78, 5) is 9.72. The van der Waals surface area contributed by atoms with E-state index in [4.69, 9.17) is 4.74 Å². The molecule has 0 saturated carbocycles. The molecule has 160 valence electrons. The summed E-state index contributed by atoms with van der Waals surface area (Å²) >= 11 is 0. The SMILES string of the molecule is CCNC(=NCC(C)Oc1ccccc1C)NCCN1CCN(CC)CC1.I. The van der Waals surface area contributed by atoms with Crippen molar-refractivity contribution in [3.8, 4) is 5.75 Å². The highest BCUT2D eigenvalue weighted by atomic mass is 127. The molecule has 6 nitrogen and oxygen atoms in total. The number of ether oxygens (including phenoxy) is 1. The van der Waals surface area contributed by atoms with E-state index in [-0.39, 0.29) is 30.1 Å². The number of likely N-dealkylation sites (N-methyl/N-ethyl adjacent to an activating group) is 1. The minimum Gasteiger partial charge on any atom is -0.489 e. The van der Waals surface area contributed by atoms with Gasteiger partial charge in [0.1, 0.15) is 11.9 Å². The third-order valence-corrected chi connectivity index (χ3v) is 4.91. The van der Waals surface area contributed by atoms with Gasteiger partial charge in [-0.2, -0.15) is 0 Å². The lowest BCUT2D eigenvalue weighted by Gasteiger charge is -2.34. The van der Waals surface area contributed by atoms with E-state index in [2.05, 4.69) is 59.2 Å². The van der Waals surface area contributed by atoms with Gasteiger partial charge in [0.05, 0.1) is 6.54 Å². The van der Waals surface area contributed by atoms with Crippen molar-refractivity contribution in [2.75, 3.05) is 58.9 Å². The third-order valence-electron chi connectivity index (χ3n) is 4.91. The van der Waals surface area contributed by atoms with Gasteiger partial charge >= 0.3 is 0 Å². The van der Waals surface area contributed by atoms with Crippen LogP contribution in [0.3, 0.4) is 0 Å². The number of benzene rings is 1. The van der Waals surface area contributed by atoms with Crippen molar-refractivity contribution in [3.05, 3.63) is 29.8 Å². The molecule has 1 fully saturated rings. The lowest BCUT2D eigenvalue weighted by Crippen LogP contribution is -2.49. The molecule has 0 aliphatic carbocycles. The molecule has 0 spiro atoms. The van der Waals surface area contributed by atoms with Crippen LogP contribution in [0.2, 0.25) is 0 Å². The second kappa shape index (κ2) is 14.0. The normalized spacial score (nSPS) is 16.9. The fourth-order valence-corrected chi connectivity index (χ4v) is 3.17. The lowest BCUT2D eigenvalue weighted by atomic mass is 10.2. The highest BCUT2D eigenvalue weighted by Crippen LogP contribution is 2.17. The molecular weight excluding hydrogens is 465 g/mol. The first kappa shape index (κ1) is 25.0. The van der Waals surface area contributed by atoms with Crippen molar-refractivity contribution in [1.82, 2.24) is 20.4 Å². The van der Waals surface area contributed by atoms with Gasteiger partial charge in [0.2, 0.25) is 0 Å². The highest BCUT2D eigenvalue weighted by Gasteiger charge is 2.14. The Morgan fingerprint density at radius 1 is 1.11 bits per heavy atom. The Hall–Kier alpha value is -1.06. The smallest absolute Gasteiger partial charge is 0.191 e. The van der Waals surface area contributed by atoms with Gasteiger partial charge in [0.25, 0.3) is 0 Å². The Balaban J connectivity index is 0.00000392. The van der Waals surface area contributed by atoms with Crippen molar-refractivity contribution in [3.63, 3.8) is 0 Å². The van der Waals surface area contributed by atoms with Gasteiger partial charge in [-0.25, -0.2) is 4.99 Å². The molecule has 1 unspecified atom stereocenters. The molecule has 0 aromatic heterocycles. The Kier molecular flexibility index (Phi) is 12.5. The second-order valence-electron chi connectivity index (χ2n) is 7.12. The second-order valence-corrected chi connectivity index (χ2v) is 7.12. The van der Waals surface area contributed by atoms with Gasteiger partial charge in [0, 0.05) is 45.8 Å². The van der Waals surface area contributed by atoms with Crippen LogP contribution in [-0.2, 0) is 0 Å². The summed E-state index contributed by atoms with van der Waals surface area (Å²) in [5.74, 6) is 1.80. The van der Waals surface area contributed by atoms with E-state index in [9.17, 15) is 0 Å². The zero-order chi connectivity index (χ0) is 19.5. The van der Waals surface area contributed by atoms with Crippen LogP contribution < -0.4 is 15.4 Å². The maximum absolute atomic E-state index is 6.02. The number of nitrogens with one attached hydrogen (secondary N) is 2. The van der Waals surface area contributed by atoms with Gasteiger partial charge in [-0.3, -0.25) is 4.90 Å². The Labute approximate surface area is 188 Å². The van der Waals surface area contributed by atoms with Crippen LogP contribution in [0.4, 0.5) is 0 Å². The first-order valence-electron chi connectivity index (χ1n) is 10.3. The molecule has 1 saturated heterocycles. The number of hydrogen-bond donors (Lipinski definition) is 2. The zero-order valence-corrected chi connectivity index (χ0v) is 20.2. The number of para-hydroxylation sites is 1. The molecule has 1 aromatic carbocycles. The quantitative estimate of drug-likeness (QED) is 0.308. The Bertz CT molecular complexity index is 576. The van der Waals surface area contributed by atoms with Crippen molar-refractivity contribution in [1.29, 1.82) is 0 Å². The minimum atomic E-state index is 0. The number of nitrogens with zero attached hydrogens (tertiary/aromatic N) is 3. The van der Waals surface area contributed by atoms with Gasteiger partial charge in [-0.05, 0) is 38.9 Å². The average molecular weight is 503 g/mol. The topological polar surface area (TPSA) is 52.1 Å². The fraction of sp³-hybridized carbons (Fsp3) is 0.667. The van der Waals surface area contributed by atoms with Crippen molar-refractivity contribution in [2.45, 2.75) is 33.8 Å². The van der Waals surface area contributed by atoms with Crippen molar-refractivity contribution < 1.29 is 4.74 Å². The lowest BCUT2D eigenvalue weighted by molar-refractivity contribution is 0.139. The summed E-state index contributed by atoms with van der Waals surface area (Å²) in [7, 11) is 0. The number of aryl methyl sites for hydroxylation is 1. The van der Waals surface area contributed by atoms with Crippen LogP contribution >= 0.6 is 24.0 Å². The number of piperazine rings is 1. The van der Waals surface area contributed by atoms with Gasteiger partial charge in [-0.15, -0.1) is 24.0 Å². The largest absolute Gasteiger partial charge is 0.489 e. The zero-order valence-electron chi connectivity index (χ0n) is 17.9. The average Bonchev–Trinajstić information content (AvgIpc) is 2.68. The van der Waals surface area contributed by atoms with Gasteiger partial charge in [-0.1, -0.05) is 25.1 Å². The number of aliphatic imine (C=N–C) groups is 1. The molecule has 2 rings (SSSR count). The molecule has 28 heavy (non-hydrogen) atoms. The minimum absolute atomic E-state index is 0. The maximum atomic E-state index is 6.02. The maximum Gasteiger partial charge on any atom is 0.191 e. The molecule has 0 amide bonds. The molecule has 1 heterocycles. The van der Waals surface area contributed by atoms with E-state index in [1.165, 1.54) is 13.1 Å². The van der Waals surface area contributed by atoms with E-state index in [1.807, 2.05) is 18.2 Å². The number of rotatable bonds is 9. The fourth-order valence-electron chi connectivity index (χ4n) is 3.17. The molecule has 2 N–H and O–H groups in total. The van der Waals surface area contributed by atoms with Gasteiger partial charge < -0.3 is 20.3 Å². The molecular formula is C21H38IN5O. The number of halogens is 1. The van der Waals surface area contributed by atoms with Crippen molar-refractivity contribution >= 4 is 29.9 Å². The monoisotopic (exact) mass is 503 g/mol. The van der Waals surface area contributed by atoms with Crippen LogP contribution in [0.1, 0.15) is 26.3 Å². The summed E-state index contributed by atoms with van der Waals surface area (Å²) in [5.41, 5.74) is 1.15. The van der Waals surface area contributed by atoms with Crippen LogP contribution in [0.15, 0.2) is 29.3 Å². The summed E-state index contributed by atoms with van der Waals surface area (Å²) in [6.45, 7) is 17.7. The number of guanidine groups is 1. The summed E-state index contributed by atoms with van der Waals surface area (Å²) in [6, 6.07) is 8.11. The summed E-state index contributed by atoms with van der Waals surface area (Å²) in [6.07, 6.45) is 0.0312. The standard InChI is InChI=1S/C21H37N5O.HI/c1-5-22-21(23-11-12-26-15-13-25(6-2)14-16-26)24-17-19(4)27-20-10-8-7-9-18(20)3;/h7-10,19H,5-6,11-17H2,1-4H3,(H2,22,23,24);1H. The van der Waals surface area contributed by atoms with E-state index >= 15 is 0 Å².